The van der Waals surface area contributed by atoms with Gasteiger partial charge in [-0.1, -0.05) is 36.4 Å². The first-order valence-electron chi connectivity index (χ1n) is 8.24. The van der Waals surface area contributed by atoms with E-state index in [0.29, 0.717) is 0 Å². The number of fused-ring (bicyclic) bond motifs is 3. The number of ether oxygens (including phenoxy) is 1. The summed E-state index contributed by atoms with van der Waals surface area (Å²) in [5, 5.41) is 6.03. The van der Waals surface area contributed by atoms with Gasteiger partial charge < -0.3 is 20.4 Å². The van der Waals surface area contributed by atoms with Crippen LogP contribution in [0.5, 0.6) is 0 Å². The van der Waals surface area contributed by atoms with Crippen molar-refractivity contribution in [2.24, 2.45) is 5.73 Å². The lowest BCUT2D eigenvalue weighted by atomic mass is 10.2. The molecule has 4 nitrogen and oxygen atoms in total. The minimum atomic E-state index is 0.131. The van der Waals surface area contributed by atoms with Crippen LogP contribution in [0, 0.1) is 0 Å². The number of nitrogens with zero attached hydrogens (tertiary/aromatic N) is 1. The summed E-state index contributed by atoms with van der Waals surface area (Å²) < 4.78 is 8.05. The van der Waals surface area contributed by atoms with E-state index in [0.717, 1.165) is 32.6 Å². The van der Waals surface area contributed by atoms with Crippen molar-refractivity contribution in [3.05, 3.63) is 48.5 Å². The molecule has 0 radical (unpaired) electrons. The molecule has 0 amide bonds. The zero-order valence-corrected chi connectivity index (χ0v) is 13.7. The molecule has 0 bridgehead atoms. The van der Waals surface area contributed by atoms with Crippen LogP contribution in [0.3, 0.4) is 0 Å². The van der Waals surface area contributed by atoms with Crippen molar-refractivity contribution in [3.63, 3.8) is 0 Å². The van der Waals surface area contributed by atoms with E-state index in [1.807, 2.05) is 0 Å². The number of hydrogen-bond acceptors (Lipinski definition) is 3. The zero-order chi connectivity index (χ0) is 16.1. The molecule has 2 aromatic carbocycles. The van der Waals surface area contributed by atoms with Crippen LogP contribution < -0.4 is 11.1 Å². The van der Waals surface area contributed by atoms with E-state index in [-0.39, 0.29) is 6.10 Å². The lowest BCUT2D eigenvalue weighted by Crippen LogP contribution is -2.33. The maximum Gasteiger partial charge on any atom is 0.0874 e. The second-order valence-electron chi connectivity index (χ2n) is 5.85. The quantitative estimate of drug-likeness (QED) is 0.629. The molecule has 23 heavy (non-hydrogen) atoms. The van der Waals surface area contributed by atoms with Crippen molar-refractivity contribution in [2.75, 3.05) is 26.7 Å². The fourth-order valence-electron chi connectivity index (χ4n) is 3.12. The Morgan fingerprint density at radius 3 is 2.22 bits per heavy atom. The van der Waals surface area contributed by atoms with Crippen LogP contribution in [0.25, 0.3) is 21.8 Å². The van der Waals surface area contributed by atoms with Crippen LogP contribution in [-0.2, 0) is 11.3 Å². The average Bonchev–Trinajstić information content (AvgIpc) is 2.92. The Morgan fingerprint density at radius 1 is 1.04 bits per heavy atom. The maximum absolute atomic E-state index is 5.69. The third-order valence-corrected chi connectivity index (χ3v) is 4.33. The summed E-state index contributed by atoms with van der Waals surface area (Å²) >= 11 is 0. The van der Waals surface area contributed by atoms with Gasteiger partial charge in [0.15, 0.2) is 0 Å². The minimum Gasteiger partial charge on any atom is -0.378 e. The molecule has 3 rings (SSSR count). The van der Waals surface area contributed by atoms with Gasteiger partial charge in [-0.2, -0.15) is 0 Å². The van der Waals surface area contributed by atoms with E-state index >= 15 is 0 Å². The van der Waals surface area contributed by atoms with Crippen LogP contribution in [0.1, 0.15) is 6.42 Å². The molecule has 1 atom stereocenters. The number of aromatic nitrogens is 1. The van der Waals surface area contributed by atoms with E-state index < -0.39 is 0 Å². The molecule has 1 unspecified atom stereocenters. The van der Waals surface area contributed by atoms with Crippen molar-refractivity contribution >= 4 is 21.8 Å². The van der Waals surface area contributed by atoms with Crippen LogP contribution in [0.4, 0.5) is 0 Å². The summed E-state index contributed by atoms with van der Waals surface area (Å²) in [6, 6.07) is 17.1. The summed E-state index contributed by atoms with van der Waals surface area (Å²) in [4.78, 5) is 0. The van der Waals surface area contributed by atoms with Gasteiger partial charge in [0.25, 0.3) is 0 Å². The number of hydrogen-bond donors (Lipinski definition) is 2. The molecule has 0 saturated carbocycles. The topological polar surface area (TPSA) is 52.2 Å². The van der Waals surface area contributed by atoms with Gasteiger partial charge >= 0.3 is 0 Å². The molecule has 0 aliphatic rings. The zero-order valence-electron chi connectivity index (χ0n) is 13.7. The van der Waals surface area contributed by atoms with Crippen molar-refractivity contribution in [2.45, 2.75) is 19.1 Å². The highest BCUT2D eigenvalue weighted by Crippen LogP contribution is 2.28. The second kappa shape index (κ2) is 7.59. The predicted octanol–water partition coefficient (Wildman–Crippen LogP) is 2.75. The number of nitrogens with one attached hydrogen (secondary N) is 1. The largest absolute Gasteiger partial charge is 0.378 e. The normalized spacial score (nSPS) is 13.0. The van der Waals surface area contributed by atoms with Crippen LogP contribution in [-0.4, -0.2) is 37.4 Å². The predicted molar refractivity (Wildman–Crippen MR) is 96.8 cm³/mol. The van der Waals surface area contributed by atoms with Gasteiger partial charge in [0.1, 0.15) is 0 Å². The molecule has 4 heteroatoms. The Morgan fingerprint density at radius 2 is 1.65 bits per heavy atom. The number of rotatable bonds is 8. The molecule has 1 aromatic heterocycles. The Labute approximate surface area is 137 Å². The summed E-state index contributed by atoms with van der Waals surface area (Å²) in [5.41, 5.74) is 8.06. The number of para-hydroxylation sites is 2. The van der Waals surface area contributed by atoms with Crippen LogP contribution in [0.2, 0.25) is 0 Å². The third kappa shape index (κ3) is 3.39. The Balaban J connectivity index is 1.88. The highest BCUT2D eigenvalue weighted by atomic mass is 16.5. The Hall–Kier alpha value is -1.88. The van der Waals surface area contributed by atoms with Gasteiger partial charge in [0.2, 0.25) is 0 Å². The van der Waals surface area contributed by atoms with Crippen LogP contribution in [0.15, 0.2) is 48.5 Å². The first-order valence-corrected chi connectivity index (χ1v) is 8.24. The van der Waals surface area contributed by atoms with Gasteiger partial charge in [-0.15, -0.1) is 0 Å². The van der Waals surface area contributed by atoms with Crippen molar-refractivity contribution in [3.8, 4) is 0 Å². The van der Waals surface area contributed by atoms with Gasteiger partial charge in [0, 0.05) is 35.5 Å². The molecule has 1 heterocycles. The van der Waals surface area contributed by atoms with Gasteiger partial charge in [0.05, 0.1) is 12.6 Å². The molecule has 3 N–H and O–H groups in total. The first-order chi connectivity index (χ1) is 11.3. The highest BCUT2D eigenvalue weighted by molar-refractivity contribution is 6.07. The van der Waals surface area contributed by atoms with E-state index in [9.17, 15) is 0 Å². The van der Waals surface area contributed by atoms with E-state index in [1.54, 1.807) is 7.11 Å². The van der Waals surface area contributed by atoms with E-state index in [4.69, 9.17) is 10.5 Å². The van der Waals surface area contributed by atoms with Crippen molar-refractivity contribution < 1.29 is 4.74 Å². The molecule has 0 spiro atoms. The fourth-order valence-corrected chi connectivity index (χ4v) is 3.12. The number of methoxy groups -OCH3 is 1. The monoisotopic (exact) mass is 311 g/mol. The van der Waals surface area contributed by atoms with E-state index in [1.165, 1.54) is 21.8 Å². The van der Waals surface area contributed by atoms with Crippen molar-refractivity contribution in [1.82, 2.24) is 9.88 Å². The minimum absolute atomic E-state index is 0.131. The fraction of sp³-hybridized carbons (Fsp3) is 0.368. The highest BCUT2D eigenvalue weighted by Gasteiger charge is 2.14. The molecular formula is C19H25N3O. The molecule has 0 saturated heterocycles. The number of nitrogens with two attached hydrogens (primary N) is 1. The SMILES string of the molecule is COC(CNCCCN)Cn1c2ccccc2c2ccccc21. The third-order valence-electron chi connectivity index (χ3n) is 4.33. The molecule has 3 aromatic rings. The summed E-state index contributed by atoms with van der Waals surface area (Å²) in [6.07, 6.45) is 1.12. The molecule has 122 valence electrons. The van der Waals surface area contributed by atoms with Crippen LogP contribution >= 0.6 is 0 Å². The Kier molecular flexibility index (Phi) is 5.28. The molecule has 0 aliphatic carbocycles. The molecule has 0 fully saturated rings. The average molecular weight is 311 g/mol. The van der Waals surface area contributed by atoms with Crippen molar-refractivity contribution in [1.29, 1.82) is 0 Å². The standard InChI is InChI=1S/C19H25N3O/c1-23-15(13-21-12-6-11-20)14-22-18-9-4-2-7-16(18)17-8-3-5-10-19(17)22/h2-5,7-10,15,21H,6,11-14,20H2,1H3. The lowest BCUT2D eigenvalue weighted by molar-refractivity contribution is 0.0891. The maximum atomic E-state index is 5.69. The second-order valence-corrected chi connectivity index (χ2v) is 5.85. The number of benzene rings is 2. The molecular weight excluding hydrogens is 286 g/mol. The summed E-state index contributed by atoms with van der Waals surface area (Å²) in [5.74, 6) is 0. The first kappa shape index (κ1) is 16.0. The summed E-state index contributed by atoms with van der Waals surface area (Å²) in [7, 11) is 1.78. The lowest BCUT2D eigenvalue weighted by Gasteiger charge is -2.18. The van der Waals surface area contributed by atoms with Gasteiger partial charge in [-0.3, -0.25) is 0 Å². The van der Waals surface area contributed by atoms with Gasteiger partial charge in [-0.25, -0.2) is 0 Å². The summed E-state index contributed by atoms with van der Waals surface area (Å²) in [6.45, 7) is 3.32. The smallest absolute Gasteiger partial charge is 0.0874 e. The Bertz CT molecular complexity index is 712. The van der Waals surface area contributed by atoms with Gasteiger partial charge in [-0.05, 0) is 31.6 Å². The molecule has 0 aliphatic heterocycles. The van der Waals surface area contributed by atoms with E-state index in [2.05, 4.69) is 58.4 Å².